The van der Waals surface area contributed by atoms with Gasteiger partial charge in [0.25, 0.3) is 0 Å². The Bertz CT molecular complexity index is 526. The van der Waals surface area contributed by atoms with Crippen LogP contribution in [0.1, 0.15) is 6.92 Å². The molecule has 3 nitrogen and oxygen atoms in total. The van der Waals surface area contributed by atoms with E-state index in [1.165, 1.54) is 6.07 Å². The van der Waals surface area contributed by atoms with Crippen molar-refractivity contribution < 1.29 is 9.13 Å². The van der Waals surface area contributed by atoms with E-state index in [1.54, 1.807) is 12.1 Å². The van der Waals surface area contributed by atoms with Crippen molar-refractivity contribution in [2.75, 3.05) is 17.7 Å². The first-order chi connectivity index (χ1) is 8.70. The molecule has 2 rings (SSSR count). The second-order valence-electron chi connectivity index (χ2n) is 3.78. The zero-order chi connectivity index (χ0) is 13.0. The van der Waals surface area contributed by atoms with Crippen molar-refractivity contribution >= 4 is 17.1 Å². The van der Waals surface area contributed by atoms with E-state index in [4.69, 9.17) is 10.5 Å². The van der Waals surface area contributed by atoms with Gasteiger partial charge in [0.05, 0.1) is 18.0 Å². The number of rotatable bonds is 4. The summed E-state index contributed by atoms with van der Waals surface area (Å²) in [5.41, 5.74) is 7.15. The predicted octanol–water partition coefficient (Wildman–Crippen LogP) is 3.55. The van der Waals surface area contributed by atoms with Crippen LogP contribution in [-0.2, 0) is 0 Å². The molecule has 2 aromatic carbocycles. The molecule has 0 aliphatic carbocycles. The molecule has 94 valence electrons. The van der Waals surface area contributed by atoms with Gasteiger partial charge < -0.3 is 15.8 Å². The van der Waals surface area contributed by atoms with Gasteiger partial charge in [-0.2, -0.15) is 0 Å². The summed E-state index contributed by atoms with van der Waals surface area (Å²) in [7, 11) is 0. The van der Waals surface area contributed by atoms with Gasteiger partial charge in [0, 0.05) is 5.69 Å². The molecule has 0 heterocycles. The van der Waals surface area contributed by atoms with Crippen LogP contribution in [-0.4, -0.2) is 6.61 Å². The van der Waals surface area contributed by atoms with Crippen molar-refractivity contribution in [3.05, 3.63) is 48.3 Å². The number of ether oxygens (including phenoxy) is 1. The van der Waals surface area contributed by atoms with Crippen LogP contribution < -0.4 is 15.8 Å². The van der Waals surface area contributed by atoms with E-state index in [0.717, 1.165) is 11.4 Å². The Morgan fingerprint density at radius 2 is 1.89 bits per heavy atom. The zero-order valence-corrected chi connectivity index (χ0v) is 10.1. The fourth-order valence-electron chi connectivity index (χ4n) is 1.60. The molecule has 4 heteroatoms. The largest absolute Gasteiger partial charge is 0.494 e. The fourth-order valence-corrected chi connectivity index (χ4v) is 1.60. The molecule has 3 N–H and O–H groups in total. The molecule has 2 aromatic rings. The van der Waals surface area contributed by atoms with Crippen LogP contribution in [0.5, 0.6) is 5.75 Å². The number of anilines is 3. The van der Waals surface area contributed by atoms with Gasteiger partial charge in [-0.3, -0.25) is 0 Å². The summed E-state index contributed by atoms with van der Waals surface area (Å²) in [6.07, 6.45) is 0. The third kappa shape index (κ3) is 2.71. The molecule has 0 saturated heterocycles. The van der Waals surface area contributed by atoms with Crippen molar-refractivity contribution in [2.45, 2.75) is 6.92 Å². The molecule has 0 atom stereocenters. The van der Waals surface area contributed by atoms with Gasteiger partial charge in [0.15, 0.2) is 0 Å². The molecule has 18 heavy (non-hydrogen) atoms. The van der Waals surface area contributed by atoms with Gasteiger partial charge in [0.1, 0.15) is 11.6 Å². The summed E-state index contributed by atoms with van der Waals surface area (Å²) in [4.78, 5) is 0. The monoisotopic (exact) mass is 246 g/mol. The Morgan fingerprint density at radius 1 is 1.17 bits per heavy atom. The molecule has 0 spiro atoms. The molecular formula is C14H15FN2O. The lowest BCUT2D eigenvalue weighted by atomic mass is 10.2. The molecule has 0 amide bonds. The van der Waals surface area contributed by atoms with Crippen LogP contribution in [0.15, 0.2) is 42.5 Å². The summed E-state index contributed by atoms with van der Waals surface area (Å²) in [5, 5.41) is 3.06. The highest BCUT2D eigenvalue weighted by atomic mass is 19.1. The first kappa shape index (κ1) is 12.2. The Morgan fingerprint density at radius 3 is 2.56 bits per heavy atom. The van der Waals surface area contributed by atoms with Crippen LogP contribution >= 0.6 is 0 Å². The van der Waals surface area contributed by atoms with E-state index >= 15 is 0 Å². The number of nitrogen functional groups attached to an aromatic ring is 1. The minimum absolute atomic E-state index is 0.117. The van der Waals surface area contributed by atoms with Crippen LogP contribution in [0.2, 0.25) is 0 Å². The van der Waals surface area contributed by atoms with E-state index in [9.17, 15) is 4.39 Å². The number of halogens is 1. The second kappa shape index (κ2) is 5.40. The Labute approximate surface area is 105 Å². The van der Waals surface area contributed by atoms with Crippen molar-refractivity contribution in [1.82, 2.24) is 0 Å². The van der Waals surface area contributed by atoms with E-state index < -0.39 is 5.82 Å². The minimum atomic E-state index is -0.425. The maximum atomic E-state index is 13.3. The van der Waals surface area contributed by atoms with Crippen LogP contribution in [0.3, 0.4) is 0 Å². The Balaban J connectivity index is 2.16. The van der Waals surface area contributed by atoms with E-state index in [2.05, 4.69) is 5.32 Å². The third-order valence-corrected chi connectivity index (χ3v) is 2.50. The molecule has 0 aromatic heterocycles. The summed E-state index contributed by atoms with van der Waals surface area (Å²) < 4.78 is 18.6. The molecular weight excluding hydrogens is 231 g/mol. The second-order valence-corrected chi connectivity index (χ2v) is 3.78. The first-order valence-electron chi connectivity index (χ1n) is 5.74. The van der Waals surface area contributed by atoms with Crippen LogP contribution in [0, 0.1) is 5.82 Å². The fraction of sp³-hybridized carbons (Fsp3) is 0.143. The van der Waals surface area contributed by atoms with Gasteiger partial charge >= 0.3 is 0 Å². The predicted molar refractivity (Wildman–Crippen MR) is 71.7 cm³/mol. The molecule has 0 radical (unpaired) electrons. The summed E-state index contributed by atoms with van der Waals surface area (Å²) in [6.45, 7) is 2.56. The summed E-state index contributed by atoms with van der Waals surface area (Å²) in [6, 6.07) is 12.1. The average Bonchev–Trinajstić information content (AvgIpc) is 2.38. The lowest BCUT2D eigenvalue weighted by Crippen LogP contribution is -1.98. The van der Waals surface area contributed by atoms with Crippen molar-refractivity contribution in [3.8, 4) is 5.75 Å². The highest BCUT2D eigenvalue weighted by Crippen LogP contribution is 2.26. The molecule has 0 saturated carbocycles. The number of hydrogen-bond acceptors (Lipinski definition) is 3. The molecule has 0 bridgehead atoms. The number of hydrogen-bond donors (Lipinski definition) is 2. The van der Waals surface area contributed by atoms with E-state index in [1.807, 2.05) is 31.2 Å². The van der Waals surface area contributed by atoms with Gasteiger partial charge in [-0.1, -0.05) is 6.07 Å². The average molecular weight is 246 g/mol. The molecule has 0 aliphatic heterocycles. The van der Waals surface area contributed by atoms with E-state index in [0.29, 0.717) is 12.3 Å². The lowest BCUT2D eigenvalue weighted by Gasteiger charge is -2.10. The molecule has 0 fully saturated rings. The summed E-state index contributed by atoms with van der Waals surface area (Å²) >= 11 is 0. The lowest BCUT2D eigenvalue weighted by molar-refractivity contribution is 0.340. The SMILES string of the molecule is CCOc1ccc(Nc2cccc(F)c2N)cc1. The van der Waals surface area contributed by atoms with Gasteiger partial charge in [0.2, 0.25) is 0 Å². The van der Waals surface area contributed by atoms with Gasteiger partial charge in [-0.15, -0.1) is 0 Å². The number of para-hydroxylation sites is 1. The number of benzene rings is 2. The van der Waals surface area contributed by atoms with Gasteiger partial charge in [-0.25, -0.2) is 4.39 Å². The molecule has 0 unspecified atom stereocenters. The van der Waals surface area contributed by atoms with Crippen molar-refractivity contribution in [1.29, 1.82) is 0 Å². The first-order valence-corrected chi connectivity index (χ1v) is 5.74. The highest BCUT2D eigenvalue weighted by molar-refractivity contribution is 5.72. The number of nitrogens with two attached hydrogens (primary N) is 1. The zero-order valence-electron chi connectivity index (χ0n) is 10.1. The maximum Gasteiger partial charge on any atom is 0.148 e. The Hall–Kier alpha value is -2.23. The molecule has 0 aliphatic rings. The minimum Gasteiger partial charge on any atom is -0.494 e. The van der Waals surface area contributed by atoms with Crippen molar-refractivity contribution in [2.24, 2.45) is 0 Å². The topological polar surface area (TPSA) is 47.3 Å². The third-order valence-electron chi connectivity index (χ3n) is 2.50. The van der Waals surface area contributed by atoms with E-state index in [-0.39, 0.29) is 5.69 Å². The van der Waals surface area contributed by atoms with Gasteiger partial charge in [-0.05, 0) is 43.3 Å². The quantitative estimate of drug-likeness (QED) is 0.811. The smallest absolute Gasteiger partial charge is 0.148 e. The summed E-state index contributed by atoms with van der Waals surface area (Å²) in [5.74, 6) is 0.376. The van der Waals surface area contributed by atoms with Crippen LogP contribution in [0.25, 0.3) is 0 Å². The standard InChI is InChI=1S/C14H15FN2O/c1-2-18-11-8-6-10(7-9-11)17-13-5-3-4-12(15)14(13)16/h3-9,17H,2,16H2,1H3. The normalized spacial score (nSPS) is 10.1. The highest BCUT2D eigenvalue weighted by Gasteiger charge is 2.04. The Kier molecular flexibility index (Phi) is 3.67. The number of nitrogens with one attached hydrogen (secondary N) is 1. The maximum absolute atomic E-state index is 13.3. The van der Waals surface area contributed by atoms with Crippen molar-refractivity contribution in [3.63, 3.8) is 0 Å². The van der Waals surface area contributed by atoms with Crippen LogP contribution in [0.4, 0.5) is 21.5 Å².